The quantitative estimate of drug-likeness (QED) is 0.771. The third-order valence-corrected chi connectivity index (χ3v) is 3.28. The fraction of sp³-hybridized carbons (Fsp3) is 0.278. The Morgan fingerprint density at radius 2 is 1.12 bits per heavy atom. The van der Waals surface area contributed by atoms with Crippen molar-refractivity contribution in [3.8, 4) is 6.07 Å². The van der Waals surface area contributed by atoms with Crippen molar-refractivity contribution in [3.05, 3.63) is 70.8 Å². The first-order valence-corrected chi connectivity index (χ1v) is 7.47. The van der Waals surface area contributed by atoms with Crippen molar-refractivity contribution in [3.63, 3.8) is 0 Å². The zero-order chi connectivity index (χ0) is 19.8. The molecule has 0 aromatic heterocycles. The summed E-state index contributed by atoms with van der Waals surface area (Å²) in [5, 5.41) is 8.28. The van der Waals surface area contributed by atoms with Gasteiger partial charge in [-0.1, -0.05) is 24.3 Å². The number of nitriles is 1. The summed E-state index contributed by atoms with van der Waals surface area (Å²) in [6.45, 7) is 0.450. The molecular weight excluding hydrogens is 358 g/mol. The summed E-state index contributed by atoms with van der Waals surface area (Å²) in [4.78, 5) is 0. The monoisotopic (exact) mass is 374 g/mol. The van der Waals surface area contributed by atoms with Gasteiger partial charge in [0, 0.05) is 0 Å². The summed E-state index contributed by atoms with van der Waals surface area (Å²) >= 11 is 0. The van der Waals surface area contributed by atoms with Gasteiger partial charge in [0.15, 0.2) is 0 Å². The van der Waals surface area contributed by atoms with Crippen molar-refractivity contribution in [2.24, 2.45) is 5.73 Å². The Labute approximate surface area is 146 Å². The van der Waals surface area contributed by atoms with E-state index in [0.717, 1.165) is 29.8 Å². The van der Waals surface area contributed by atoms with E-state index in [2.05, 4.69) is 0 Å². The number of hydrogen-bond acceptors (Lipinski definition) is 2. The van der Waals surface area contributed by atoms with Crippen LogP contribution < -0.4 is 5.73 Å². The lowest BCUT2D eigenvalue weighted by Crippen LogP contribution is -2.06. The third kappa shape index (κ3) is 7.15. The van der Waals surface area contributed by atoms with Crippen molar-refractivity contribution in [2.75, 3.05) is 6.54 Å². The van der Waals surface area contributed by atoms with E-state index in [1.54, 1.807) is 0 Å². The molecule has 0 spiro atoms. The Kier molecular flexibility index (Phi) is 7.65. The fourth-order valence-corrected chi connectivity index (χ4v) is 1.93. The molecule has 0 atom stereocenters. The van der Waals surface area contributed by atoms with Crippen LogP contribution in [-0.4, -0.2) is 6.54 Å². The van der Waals surface area contributed by atoms with Gasteiger partial charge in [0.2, 0.25) is 0 Å². The Hall–Kier alpha value is -2.53. The van der Waals surface area contributed by atoms with Crippen LogP contribution in [0.1, 0.15) is 22.3 Å². The van der Waals surface area contributed by atoms with Gasteiger partial charge in [-0.05, 0) is 48.4 Å². The molecule has 2 aromatic carbocycles. The zero-order valence-corrected chi connectivity index (χ0v) is 13.5. The SMILES string of the molecule is N#CCc1ccc(C(F)(F)F)cc1.NCCc1ccc(C(F)(F)F)cc1. The topological polar surface area (TPSA) is 49.8 Å². The van der Waals surface area contributed by atoms with Gasteiger partial charge in [-0.2, -0.15) is 31.6 Å². The van der Waals surface area contributed by atoms with Crippen LogP contribution in [0.3, 0.4) is 0 Å². The summed E-state index contributed by atoms with van der Waals surface area (Å²) in [6.07, 6.45) is -7.80. The van der Waals surface area contributed by atoms with Gasteiger partial charge in [0.05, 0.1) is 23.6 Å². The summed E-state index contributed by atoms with van der Waals surface area (Å²) < 4.78 is 72.4. The highest BCUT2D eigenvalue weighted by Crippen LogP contribution is 2.29. The van der Waals surface area contributed by atoms with Crippen LogP contribution in [0.25, 0.3) is 0 Å². The largest absolute Gasteiger partial charge is 0.416 e. The van der Waals surface area contributed by atoms with E-state index < -0.39 is 23.5 Å². The predicted octanol–water partition coefficient (Wildman–Crippen LogP) is 4.98. The lowest BCUT2D eigenvalue weighted by Gasteiger charge is -2.06. The van der Waals surface area contributed by atoms with Gasteiger partial charge >= 0.3 is 12.4 Å². The molecule has 0 radical (unpaired) electrons. The minimum absolute atomic E-state index is 0.137. The van der Waals surface area contributed by atoms with Gasteiger partial charge in [0.1, 0.15) is 0 Å². The van der Waals surface area contributed by atoms with Crippen LogP contribution in [0.15, 0.2) is 48.5 Å². The highest BCUT2D eigenvalue weighted by molar-refractivity contribution is 5.26. The van der Waals surface area contributed by atoms with Crippen molar-refractivity contribution in [1.29, 1.82) is 5.26 Å². The second kappa shape index (κ2) is 9.25. The summed E-state index contributed by atoms with van der Waals surface area (Å²) in [5.41, 5.74) is 5.38. The molecule has 0 aliphatic rings. The van der Waals surface area contributed by atoms with Crippen molar-refractivity contribution in [2.45, 2.75) is 25.2 Å². The van der Waals surface area contributed by atoms with Crippen molar-refractivity contribution >= 4 is 0 Å². The van der Waals surface area contributed by atoms with E-state index >= 15 is 0 Å². The molecule has 0 saturated carbocycles. The van der Waals surface area contributed by atoms with Gasteiger partial charge in [0.25, 0.3) is 0 Å². The van der Waals surface area contributed by atoms with E-state index in [4.69, 9.17) is 11.0 Å². The maximum atomic E-state index is 12.1. The van der Waals surface area contributed by atoms with Gasteiger partial charge < -0.3 is 5.73 Å². The lowest BCUT2D eigenvalue weighted by molar-refractivity contribution is -0.138. The molecule has 2 rings (SSSR count). The highest BCUT2D eigenvalue weighted by Gasteiger charge is 2.30. The van der Waals surface area contributed by atoms with E-state index in [-0.39, 0.29) is 6.42 Å². The maximum absolute atomic E-state index is 12.1. The molecule has 140 valence electrons. The Morgan fingerprint density at radius 1 is 0.731 bits per heavy atom. The lowest BCUT2D eigenvalue weighted by atomic mass is 10.1. The molecule has 0 unspecified atom stereocenters. The smallest absolute Gasteiger partial charge is 0.330 e. The molecule has 0 amide bonds. The van der Waals surface area contributed by atoms with Crippen LogP contribution in [0.5, 0.6) is 0 Å². The molecule has 0 fully saturated rings. The van der Waals surface area contributed by atoms with E-state index in [0.29, 0.717) is 18.5 Å². The fourth-order valence-electron chi connectivity index (χ4n) is 1.93. The van der Waals surface area contributed by atoms with Crippen molar-refractivity contribution in [1.82, 2.24) is 0 Å². The normalized spacial score (nSPS) is 11.3. The second-order valence-corrected chi connectivity index (χ2v) is 5.26. The Balaban J connectivity index is 0.000000260. The van der Waals surface area contributed by atoms with Crippen LogP contribution in [-0.2, 0) is 25.2 Å². The van der Waals surface area contributed by atoms with Crippen molar-refractivity contribution < 1.29 is 26.3 Å². The highest BCUT2D eigenvalue weighted by atomic mass is 19.4. The molecule has 2 aromatic rings. The Morgan fingerprint density at radius 3 is 1.42 bits per heavy atom. The molecule has 8 heteroatoms. The zero-order valence-electron chi connectivity index (χ0n) is 13.5. The minimum Gasteiger partial charge on any atom is -0.330 e. The summed E-state index contributed by atoms with van der Waals surface area (Å²) in [7, 11) is 0. The maximum Gasteiger partial charge on any atom is 0.416 e. The standard InChI is InChI=1S/C9H10F3N.C9H6F3N/c2*10-9(11,12)8-3-1-7(2-4-8)5-6-13/h1-4H,5-6,13H2;1-4H,5H2. The van der Waals surface area contributed by atoms with Gasteiger partial charge in [-0.25, -0.2) is 0 Å². The Bertz CT molecular complexity index is 710. The van der Waals surface area contributed by atoms with E-state index in [1.807, 2.05) is 6.07 Å². The molecule has 0 heterocycles. The van der Waals surface area contributed by atoms with Crippen LogP contribution in [0, 0.1) is 11.3 Å². The molecule has 0 aliphatic carbocycles. The molecular formula is C18H16F6N2. The predicted molar refractivity (Wildman–Crippen MR) is 85.0 cm³/mol. The molecule has 2 N–H and O–H groups in total. The molecule has 26 heavy (non-hydrogen) atoms. The number of rotatable bonds is 3. The second-order valence-electron chi connectivity index (χ2n) is 5.26. The first-order valence-electron chi connectivity index (χ1n) is 7.47. The average Bonchev–Trinajstić information content (AvgIpc) is 2.55. The molecule has 2 nitrogen and oxygen atoms in total. The van der Waals surface area contributed by atoms with Gasteiger partial charge in [-0.3, -0.25) is 0 Å². The molecule has 0 saturated heterocycles. The number of alkyl halides is 6. The summed E-state index contributed by atoms with van der Waals surface area (Å²) in [5.74, 6) is 0. The third-order valence-electron chi connectivity index (χ3n) is 3.28. The summed E-state index contributed by atoms with van der Waals surface area (Å²) in [6, 6.07) is 11.5. The first-order chi connectivity index (χ1) is 12.1. The van der Waals surface area contributed by atoms with E-state index in [1.165, 1.54) is 24.3 Å². The van der Waals surface area contributed by atoms with Crippen LogP contribution in [0.2, 0.25) is 0 Å². The number of hydrogen-bond donors (Lipinski definition) is 1. The van der Waals surface area contributed by atoms with E-state index in [9.17, 15) is 26.3 Å². The number of nitrogens with zero attached hydrogens (tertiary/aromatic N) is 1. The number of halogens is 6. The minimum atomic E-state index is -4.30. The number of benzene rings is 2. The first kappa shape index (κ1) is 21.5. The average molecular weight is 374 g/mol. The van der Waals surface area contributed by atoms with Crippen LogP contribution in [0.4, 0.5) is 26.3 Å². The van der Waals surface area contributed by atoms with Crippen LogP contribution >= 0.6 is 0 Å². The van der Waals surface area contributed by atoms with Gasteiger partial charge in [-0.15, -0.1) is 0 Å². The molecule has 0 bridgehead atoms. The molecule has 0 aliphatic heterocycles. The number of nitrogens with two attached hydrogens (primary N) is 1.